The standard InChI is InChI=1S/C9H9ClN2/c1-2-9-11-7-4-3-6(10)5-8(7)12-9/h3-5H,2H2,1H3,(H,11,12). The van der Waals surface area contributed by atoms with Gasteiger partial charge in [-0.15, -0.1) is 0 Å². The van der Waals surface area contributed by atoms with Crippen LogP contribution in [0.3, 0.4) is 0 Å². The molecule has 2 aromatic rings. The lowest BCUT2D eigenvalue weighted by Gasteiger charge is -1.87. The number of aromatic nitrogens is 2. The van der Waals surface area contributed by atoms with Crippen molar-refractivity contribution < 1.29 is 0 Å². The molecule has 0 spiro atoms. The first-order chi connectivity index (χ1) is 5.79. The number of fused-ring (bicyclic) bond motifs is 1. The molecule has 0 unspecified atom stereocenters. The molecule has 0 amide bonds. The Morgan fingerprint density at radius 3 is 3.08 bits per heavy atom. The monoisotopic (exact) mass is 180 g/mol. The fraction of sp³-hybridized carbons (Fsp3) is 0.222. The minimum absolute atomic E-state index is 0.733. The number of H-pyrrole nitrogens is 1. The second-order valence-corrected chi connectivity index (χ2v) is 3.13. The third-order valence-electron chi connectivity index (χ3n) is 1.83. The van der Waals surface area contributed by atoms with Gasteiger partial charge < -0.3 is 4.98 Å². The van der Waals surface area contributed by atoms with E-state index in [9.17, 15) is 0 Å². The van der Waals surface area contributed by atoms with Gasteiger partial charge in [0.15, 0.2) is 0 Å². The molecule has 0 saturated heterocycles. The molecular weight excluding hydrogens is 172 g/mol. The zero-order valence-electron chi connectivity index (χ0n) is 6.76. The van der Waals surface area contributed by atoms with Gasteiger partial charge in [0.05, 0.1) is 11.0 Å². The Hall–Kier alpha value is -1.02. The molecule has 1 aromatic carbocycles. The van der Waals surface area contributed by atoms with Crippen LogP contribution in [0.2, 0.25) is 5.02 Å². The van der Waals surface area contributed by atoms with E-state index in [1.807, 2.05) is 18.2 Å². The zero-order chi connectivity index (χ0) is 8.55. The van der Waals surface area contributed by atoms with E-state index in [0.717, 1.165) is 28.3 Å². The van der Waals surface area contributed by atoms with E-state index in [1.165, 1.54) is 0 Å². The molecule has 1 N–H and O–H groups in total. The van der Waals surface area contributed by atoms with Crippen LogP contribution in [0.1, 0.15) is 12.7 Å². The molecule has 2 nitrogen and oxygen atoms in total. The average Bonchev–Trinajstić information content (AvgIpc) is 2.46. The fourth-order valence-corrected chi connectivity index (χ4v) is 1.37. The van der Waals surface area contributed by atoms with Crippen molar-refractivity contribution in [3.63, 3.8) is 0 Å². The highest BCUT2D eigenvalue weighted by atomic mass is 35.5. The molecule has 0 aliphatic carbocycles. The predicted octanol–water partition coefficient (Wildman–Crippen LogP) is 2.78. The van der Waals surface area contributed by atoms with Crippen molar-refractivity contribution in [2.45, 2.75) is 13.3 Å². The number of nitrogens with zero attached hydrogens (tertiary/aromatic N) is 1. The summed E-state index contributed by atoms with van der Waals surface area (Å²) in [5.74, 6) is 1.01. The van der Waals surface area contributed by atoms with Gasteiger partial charge in [0.2, 0.25) is 0 Å². The third-order valence-corrected chi connectivity index (χ3v) is 2.06. The van der Waals surface area contributed by atoms with Crippen LogP contribution in [0.4, 0.5) is 0 Å². The Kier molecular flexibility index (Phi) is 1.77. The van der Waals surface area contributed by atoms with Gasteiger partial charge in [0.1, 0.15) is 5.82 Å². The summed E-state index contributed by atoms with van der Waals surface area (Å²) in [4.78, 5) is 7.55. The minimum Gasteiger partial charge on any atom is -0.342 e. The highest BCUT2D eigenvalue weighted by Gasteiger charge is 2.00. The summed E-state index contributed by atoms with van der Waals surface area (Å²) < 4.78 is 0. The molecule has 0 aliphatic heterocycles. The maximum absolute atomic E-state index is 5.82. The van der Waals surface area contributed by atoms with E-state index in [2.05, 4.69) is 16.9 Å². The topological polar surface area (TPSA) is 28.7 Å². The Morgan fingerprint density at radius 1 is 1.50 bits per heavy atom. The van der Waals surface area contributed by atoms with Crippen LogP contribution in [0.5, 0.6) is 0 Å². The first kappa shape index (κ1) is 7.62. The molecule has 0 fully saturated rings. The number of aromatic amines is 1. The molecule has 0 bridgehead atoms. The summed E-state index contributed by atoms with van der Waals surface area (Å²) in [5.41, 5.74) is 2.00. The number of hydrogen-bond donors (Lipinski definition) is 1. The molecule has 0 saturated carbocycles. The second-order valence-electron chi connectivity index (χ2n) is 2.70. The number of nitrogens with one attached hydrogen (secondary N) is 1. The lowest BCUT2D eigenvalue weighted by Crippen LogP contribution is -1.79. The van der Waals surface area contributed by atoms with Gasteiger partial charge in [-0.1, -0.05) is 18.5 Å². The van der Waals surface area contributed by atoms with Crippen molar-refractivity contribution in [1.29, 1.82) is 0 Å². The normalized spacial score (nSPS) is 10.8. The Balaban J connectivity index is 2.67. The summed E-state index contributed by atoms with van der Waals surface area (Å²) in [6.07, 6.45) is 0.923. The molecule has 12 heavy (non-hydrogen) atoms. The van der Waals surface area contributed by atoms with E-state index < -0.39 is 0 Å². The van der Waals surface area contributed by atoms with Crippen LogP contribution in [-0.4, -0.2) is 9.97 Å². The quantitative estimate of drug-likeness (QED) is 0.719. The third kappa shape index (κ3) is 1.18. The summed E-state index contributed by atoms with van der Waals surface area (Å²) in [6.45, 7) is 2.07. The Bertz CT molecular complexity index is 406. The van der Waals surface area contributed by atoms with Crippen molar-refractivity contribution in [2.24, 2.45) is 0 Å². The maximum Gasteiger partial charge on any atom is 0.106 e. The van der Waals surface area contributed by atoms with Crippen LogP contribution < -0.4 is 0 Å². The lowest BCUT2D eigenvalue weighted by atomic mass is 10.3. The van der Waals surface area contributed by atoms with Crippen molar-refractivity contribution >= 4 is 22.6 Å². The van der Waals surface area contributed by atoms with Gasteiger partial charge in [0, 0.05) is 11.4 Å². The Labute approximate surface area is 75.6 Å². The van der Waals surface area contributed by atoms with Crippen molar-refractivity contribution in [3.8, 4) is 0 Å². The lowest BCUT2D eigenvalue weighted by molar-refractivity contribution is 1.00. The van der Waals surface area contributed by atoms with Crippen LogP contribution in [0, 0.1) is 0 Å². The van der Waals surface area contributed by atoms with Crippen LogP contribution >= 0.6 is 11.6 Å². The maximum atomic E-state index is 5.82. The van der Waals surface area contributed by atoms with Gasteiger partial charge in [-0.2, -0.15) is 0 Å². The first-order valence-corrected chi connectivity index (χ1v) is 4.31. The second kappa shape index (κ2) is 2.79. The molecular formula is C9H9ClN2. The van der Waals surface area contributed by atoms with Gasteiger partial charge in [-0.25, -0.2) is 4.98 Å². The summed E-state index contributed by atoms with van der Waals surface area (Å²) in [6, 6.07) is 5.68. The van der Waals surface area contributed by atoms with E-state index in [1.54, 1.807) is 0 Å². The average molecular weight is 181 g/mol. The number of halogens is 1. The molecule has 1 aromatic heterocycles. The van der Waals surface area contributed by atoms with Crippen LogP contribution in [0.15, 0.2) is 18.2 Å². The summed E-state index contributed by atoms with van der Waals surface area (Å²) in [5, 5.41) is 0.733. The number of aryl methyl sites for hydroxylation is 1. The van der Waals surface area contributed by atoms with Crippen molar-refractivity contribution in [3.05, 3.63) is 29.0 Å². The SMILES string of the molecule is CCc1nc2cc(Cl)ccc2[nH]1. The molecule has 0 aliphatic rings. The van der Waals surface area contributed by atoms with Gasteiger partial charge in [0.25, 0.3) is 0 Å². The zero-order valence-corrected chi connectivity index (χ0v) is 7.52. The van der Waals surface area contributed by atoms with Crippen molar-refractivity contribution in [2.75, 3.05) is 0 Å². The van der Waals surface area contributed by atoms with Gasteiger partial charge in [-0.05, 0) is 18.2 Å². The number of hydrogen-bond acceptors (Lipinski definition) is 1. The van der Waals surface area contributed by atoms with E-state index in [4.69, 9.17) is 11.6 Å². The van der Waals surface area contributed by atoms with E-state index in [-0.39, 0.29) is 0 Å². The largest absolute Gasteiger partial charge is 0.342 e. The number of imidazole rings is 1. The first-order valence-electron chi connectivity index (χ1n) is 3.93. The number of benzene rings is 1. The molecule has 62 valence electrons. The van der Waals surface area contributed by atoms with Crippen LogP contribution in [0.25, 0.3) is 11.0 Å². The molecule has 0 radical (unpaired) electrons. The molecule has 2 rings (SSSR count). The van der Waals surface area contributed by atoms with E-state index in [0.29, 0.717) is 0 Å². The minimum atomic E-state index is 0.733. The summed E-state index contributed by atoms with van der Waals surface area (Å²) in [7, 11) is 0. The van der Waals surface area contributed by atoms with Gasteiger partial charge >= 0.3 is 0 Å². The fourth-order valence-electron chi connectivity index (χ4n) is 1.20. The highest BCUT2D eigenvalue weighted by Crippen LogP contribution is 2.16. The van der Waals surface area contributed by atoms with Crippen LogP contribution in [-0.2, 0) is 6.42 Å². The molecule has 1 heterocycles. The smallest absolute Gasteiger partial charge is 0.106 e. The predicted molar refractivity (Wildman–Crippen MR) is 50.5 cm³/mol. The highest BCUT2D eigenvalue weighted by molar-refractivity contribution is 6.31. The summed E-state index contributed by atoms with van der Waals surface area (Å²) >= 11 is 5.82. The molecule has 0 atom stereocenters. The molecule has 3 heteroatoms. The van der Waals surface area contributed by atoms with E-state index >= 15 is 0 Å². The number of rotatable bonds is 1. The van der Waals surface area contributed by atoms with Crippen molar-refractivity contribution in [1.82, 2.24) is 9.97 Å². The van der Waals surface area contributed by atoms with Gasteiger partial charge in [-0.3, -0.25) is 0 Å². The Morgan fingerprint density at radius 2 is 2.33 bits per heavy atom.